The number of amides is 1. The van der Waals surface area contributed by atoms with Crippen LogP contribution in [0.1, 0.15) is 40.5 Å². The lowest BCUT2D eigenvalue weighted by Gasteiger charge is -2.26. The van der Waals surface area contributed by atoms with Gasteiger partial charge in [0.05, 0.1) is 19.3 Å². The number of aryl methyl sites for hydroxylation is 2. The molecule has 3 rings (SSSR count). The minimum Gasteiger partial charge on any atom is -0.343 e. The summed E-state index contributed by atoms with van der Waals surface area (Å²) in [4.78, 5) is 21.8. The van der Waals surface area contributed by atoms with Crippen molar-refractivity contribution in [2.24, 2.45) is 0 Å². The molecule has 0 unspecified atom stereocenters. The zero-order valence-electron chi connectivity index (χ0n) is 18.2. The van der Waals surface area contributed by atoms with Crippen molar-refractivity contribution < 1.29 is 4.79 Å². The molecule has 1 aromatic heterocycles. The van der Waals surface area contributed by atoms with Gasteiger partial charge >= 0.3 is 0 Å². The molecule has 1 amide bonds. The third-order valence-electron chi connectivity index (χ3n) is 5.13. The molecule has 7 nitrogen and oxygen atoms in total. The van der Waals surface area contributed by atoms with Gasteiger partial charge in [0, 0.05) is 18.8 Å². The first-order valence-corrected chi connectivity index (χ1v) is 10.6. The number of amidine groups is 2. The van der Waals surface area contributed by atoms with Crippen LogP contribution in [0.3, 0.4) is 0 Å². The predicted octanol–water partition coefficient (Wildman–Crippen LogP) is 3.86. The van der Waals surface area contributed by atoms with Gasteiger partial charge < -0.3 is 10.2 Å². The Morgan fingerprint density at radius 1 is 0.938 bits per heavy atom. The van der Waals surface area contributed by atoms with E-state index in [1.54, 1.807) is 4.90 Å². The lowest BCUT2D eigenvalue weighted by molar-refractivity contribution is 0.0953. The smallest absolute Gasteiger partial charge is 0.271 e. The number of rotatable bonds is 9. The zero-order valence-corrected chi connectivity index (χ0v) is 18.2. The van der Waals surface area contributed by atoms with E-state index in [0.717, 1.165) is 17.5 Å². The van der Waals surface area contributed by atoms with Crippen LogP contribution < -0.4 is 5.32 Å². The molecule has 1 heterocycles. The number of nitrogens with one attached hydrogen (secondary N) is 3. The van der Waals surface area contributed by atoms with Crippen molar-refractivity contribution >= 4 is 17.6 Å². The summed E-state index contributed by atoms with van der Waals surface area (Å²) in [6.07, 6.45) is 6.50. The molecule has 0 aliphatic heterocycles. The van der Waals surface area contributed by atoms with Crippen LogP contribution in [0.5, 0.6) is 0 Å². The van der Waals surface area contributed by atoms with Gasteiger partial charge in [-0.1, -0.05) is 61.5 Å². The fourth-order valence-corrected chi connectivity index (χ4v) is 3.23. The number of carbonyl (C=O) groups excluding carboxylic acids is 1. The molecule has 0 fully saturated rings. The van der Waals surface area contributed by atoms with E-state index in [1.807, 2.05) is 42.5 Å². The highest BCUT2D eigenvalue weighted by Crippen LogP contribution is 2.12. The summed E-state index contributed by atoms with van der Waals surface area (Å²) in [6, 6.07) is 18.2. The van der Waals surface area contributed by atoms with Crippen LogP contribution in [0.15, 0.2) is 73.2 Å². The van der Waals surface area contributed by atoms with E-state index in [-0.39, 0.29) is 18.1 Å². The highest BCUT2D eigenvalue weighted by Gasteiger charge is 2.17. The third-order valence-corrected chi connectivity index (χ3v) is 5.13. The van der Waals surface area contributed by atoms with E-state index >= 15 is 0 Å². The second-order valence-corrected chi connectivity index (χ2v) is 7.41. The lowest BCUT2D eigenvalue weighted by atomic mass is 10.1. The van der Waals surface area contributed by atoms with Gasteiger partial charge in [-0.05, 0) is 29.5 Å². The summed E-state index contributed by atoms with van der Waals surface area (Å²) in [7, 11) is 0. The number of hydrogen-bond donors (Lipinski definition) is 3. The van der Waals surface area contributed by atoms with Crippen LogP contribution in [0.2, 0.25) is 0 Å². The summed E-state index contributed by atoms with van der Waals surface area (Å²) >= 11 is 0. The highest BCUT2D eigenvalue weighted by molar-refractivity contribution is 6.01. The number of benzene rings is 2. The second-order valence-electron chi connectivity index (χ2n) is 7.41. The number of hydrogen-bond acceptors (Lipinski definition) is 5. The van der Waals surface area contributed by atoms with Gasteiger partial charge in [-0.3, -0.25) is 20.6 Å². The molecule has 0 aliphatic rings. The van der Waals surface area contributed by atoms with Gasteiger partial charge in [0.15, 0.2) is 0 Å². The van der Waals surface area contributed by atoms with Crippen molar-refractivity contribution in [3.8, 4) is 0 Å². The predicted molar refractivity (Wildman–Crippen MR) is 126 cm³/mol. The Morgan fingerprint density at radius 2 is 1.66 bits per heavy atom. The Balaban J connectivity index is 1.68. The second kappa shape index (κ2) is 11.5. The minimum atomic E-state index is -0.397. The molecule has 7 heteroatoms. The molecule has 0 spiro atoms. The quantitative estimate of drug-likeness (QED) is 0.355. The maximum atomic E-state index is 12.3. The molecule has 0 radical (unpaired) electrons. The average Bonchev–Trinajstić information content (AvgIpc) is 2.85. The summed E-state index contributed by atoms with van der Waals surface area (Å²) in [5.41, 5.74) is 3.59. The van der Waals surface area contributed by atoms with Crippen LogP contribution >= 0.6 is 0 Å². The molecule has 0 atom stereocenters. The van der Waals surface area contributed by atoms with Crippen LogP contribution in [0, 0.1) is 10.8 Å². The summed E-state index contributed by atoms with van der Waals surface area (Å²) < 4.78 is 0. The fraction of sp³-hybridized carbons (Fsp3) is 0.240. The van der Waals surface area contributed by atoms with Crippen molar-refractivity contribution in [1.29, 1.82) is 10.8 Å². The van der Waals surface area contributed by atoms with Crippen LogP contribution in [-0.2, 0) is 19.4 Å². The fourth-order valence-electron chi connectivity index (χ4n) is 3.23. The van der Waals surface area contributed by atoms with Gasteiger partial charge in [0.2, 0.25) is 0 Å². The topological polar surface area (TPSA) is 106 Å². The number of nitrogens with zero attached hydrogens (tertiary/aromatic N) is 3. The summed E-state index contributed by atoms with van der Waals surface area (Å²) in [6.45, 7) is 2.50. The first-order chi connectivity index (χ1) is 15.6. The molecule has 0 bridgehead atoms. The van der Waals surface area contributed by atoms with Gasteiger partial charge in [-0.25, -0.2) is 4.98 Å². The average molecular weight is 429 g/mol. The number of carbonyl (C=O) groups is 1. The molecule has 3 aromatic rings. The Bertz CT molecular complexity index is 1040. The largest absolute Gasteiger partial charge is 0.343 e. The van der Waals surface area contributed by atoms with Gasteiger partial charge in [0.25, 0.3) is 5.91 Å². The first kappa shape index (κ1) is 22.8. The Kier molecular flexibility index (Phi) is 8.20. The molecule has 164 valence electrons. The monoisotopic (exact) mass is 428 g/mol. The molecule has 3 N–H and O–H groups in total. The lowest BCUT2D eigenvalue weighted by Crippen LogP contribution is -2.42. The van der Waals surface area contributed by atoms with Crippen LogP contribution in [0.4, 0.5) is 0 Å². The number of aromatic nitrogens is 2. The molecule has 2 aromatic carbocycles. The van der Waals surface area contributed by atoms with Gasteiger partial charge in [0.1, 0.15) is 17.4 Å². The van der Waals surface area contributed by atoms with E-state index in [4.69, 9.17) is 10.8 Å². The zero-order chi connectivity index (χ0) is 22.8. The molecule has 0 aliphatic carbocycles. The van der Waals surface area contributed by atoms with Crippen molar-refractivity contribution in [1.82, 2.24) is 20.2 Å². The van der Waals surface area contributed by atoms with Crippen LogP contribution in [0.25, 0.3) is 0 Å². The first-order valence-electron chi connectivity index (χ1n) is 10.6. The van der Waals surface area contributed by atoms with E-state index in [0.29, 0.717) is 25.2 Å². The van der Waals surface area contributed by atoms with Crippen molar-refractivity contribution in [2.45, 2.75) is 32.7 Å². The Morgan fingerprint density at radius 3 is 2.31 bits per heavy atom. The Hall–Kier alpha value is -3.87. The normalized spacial score (nSPS) is 10.4. The minimum absolute atomic E-state index is 0.00380. The standard InChI is InChI=1S/C25H28N6O/c1-2-19-8-10-21(11-9-19)18-31(23(26)13-12-20-6-4-3-5-7-20)24(27)17-30-25(32)22-16-28-14-15-29-22/h3-11,14-16,26-27H,2,12-13,17-18H2,1H3,(H,30,32). The third kappa shape index (κ3) is 6.57. The van der Waals surface area contributed by atoms with E-state index in [2.05, 4.69) is 34.3 Å². The highest BCUT2D eigenvalue weighted by atomic mass is 16.1. The van der Waals surface area contributed by atoms with E-state index in [9.17, 15) is 4.79 Å². The molecule has 32 heavy (non-hydrogen) atoms. The maximum absolute atomic E-state index is 12.3. The summed E-state index contributed by atoms with van der Waals surface area (Å²) in [5.74, 6) is 0.0953. The van der Waals surface area contributed by atoms with Crippen molar-refractivity contribution in [2.75, 3.05) is 6.54 Å². The summed E-state index contributed by atoms with van der Waals surface area (Å²) in [5, 5.41) is 19.9. The molecule has 0 saturated heterocycles. The maximum Gasteiger partial charge on any atom is 0.271 e. The SMILES string of the molecule is CCc1ccc(CN(C(=N)CCc2ccccc2)C(=N)CNC(=O)c2cnccn2)cc1. The Labute approximate surface area is 188 Å². The van der Waals surface area contributed by atoms with E-state index in [1.165, 1.54) is 24.2 Å². The van der Waals surface area contributed by atoms with Gasteiger partial charge in [-0.2, -0.15) is 0 Å². The molecule has 0 saturated carbocycles. The molecular formula is C25H28N6O. The molecular weight excluding hydrogens is 400 g/mol. The van der Waals surface area contributed by atoms with Crippen molar-refractivity contribution in [3.63, 3.8) is 0 Å². The van der Waals surface area contributed by atoms with Gasteiger partial charge in [-0.15, -0.1) is 0 Å². The van der Waals surface area contributed by atoms with E-state index < -0.39 is 5.91 Å². The van der Waals surface area contributed by atoms with Crippen molar-refractivity contribution in [3.05, 3.63) is 95.6 Å². The van der Waals surface area contributed by atoms with Crippen LogP contribution in [-0.4, -0.2) is 39.0 Å².